The molecular weight excluding hydrogens is 491 g/mol. The summed E-state index contributed by atoms with van der Waals surface area (Å²) in [6.45, 7) is 6.73. The van der Waals surface area contributed by atoms with Crippen LogP contribution >= 0.6 is 24.0 Å². The Morgan fingerprint density at radius 1 is 1.27 bits per heavy atom. The lowest BCUT2D eigenvalue weighted by Crippen LogP contribution is -2.39. The quantitative estimate of drug-likeness (QED) is 0.299. The third-order valence-electron chi connectivity index (χ3n) is 5.29. The number of benzene rings is 1. The Bertz CT molecular complexity index is 787. The topological polar surface area (TPSA) is 66.7 Å². The van der Waals surface area contributed by atoms with E-state index in [0.717, 1.165) is 50.9 Å². The molecule has 0 radical (unpaired) electrons. The summed E-state index contributed by atoms with van der Waals surface area (Å²) in [7, 11) is 3.66. The Hall–Kier alpha value is -1.81. The van der Waals surface area contributed by atoms with Crippen LogP contribution in [0.3, 0.4) is 0 Å². The molecule has 1 saturated heterocycles. The van der Waals surface area contributed by atoms with Crippen LogP contribution in [0.25, 0.3) is 0 Å². The largest absolute Gasteiger partial charge is 0.497 e. The normalized spacial score (nSPS) is 15.5. The highest BCUT2D eigenvalue weighted by molar-refractivity contribution is 14.0. The van der Waals surface area contributed by atoms with Crippen LogP contribution in [0.1, 0.15) is 36.9 Å². The molecule has 30 heavy (non-hydrogen) atoms. The van der Waals surface area contributed by atoms with Gasteiger partial charge in [-0.1, -0.05) is 12.1 Å². The SMILES string of the molecule is CCNC(=NCC(c1cccc(OC)c1)N1CCCC1)NCCc1cnn(C)c1.I. The average molecular weight is 526 g/mol. The zero-order valence-electron chi connectivity index (χ0n) is 18.3. The summed E-state index contributed by atoms with van der Waals surface area (Å²) in [6, 6.07) is 8.66. The first-order valence-corrected chi connectivity index (χ1v) is 10.6. The number of aryl methyl sites for hydroxylation is 1. The van der Waals surface area contributed by atoms with Gasteiger partial charge in [-0.25, -0.2) is 0 Å². The van der Waals surface area contributed by atoms with E-state index < -0.39 is 0 Å². The van der Waals surface area contributed by atoms with Crippen molar-refractivity contribution in [2.24, 2.45) is 12.0 Å². The Morgan fingerprint density at radius 3 is 2.73 bits per heavy atom. The van der Waals surface area contributed by atoms with Crippen molar-refractivity contribution in [3.63, 3.8) is 0 Å². The van der Waals surface area contributed by atoms with E-state index in [4.69, 9.17) is 9.73 Å². The first-order valence-electron chi connectivity index (χ1n) is 10.6. The molecular formula is C22H35IN6O. The van der Waals surface area contributed by atoms with Crippen LogP contribution in [0.4, 0.5) is 0 Å². The summed E-state index contributed by atoms with van der Waals surface area (Å²) in [6.07, 6.45) is 7.40. The van der Waals surface area contributed by atoms with Gasteiger partial charge in [0.15, 0.2) is 5.96 Å². The standard InChI is InChI=1S/C22H34N6O.HI/c1-4-23-22(24-11-10-18-15-26-27(2)17-18)25-16-21(28-12-5-6-13-28)19-8-7-9-20(14-19)29-3;/h7-9,14-15,17,21H,4-6,10-13,16H2,1-3H3,(H2,23,24,25);1H. The van der Waals surface area contributed by atoms with Crippen molar-refractivity contribution in [2.75, 3.05) is 39.8 Å². The summed E-state index contributed by atoms with van der Waals surface area (Å²) in [5.74, 6) is 1.76. The fourth-order valence-electron chi connectivity index (χ4n) is 3.78. The minimum absolute atomic E-state index is 0. The summed E-state index contributed by atoms with van der Waals surface area (Å²) in [5, 5.41) is 11.1. The van der Waals surface area contributed by atoms with Crippen molar-refractivity contribution in [1.82, 2.24) is 25.3 Å². The van der Waals surface area contributed by atoms with Gasteiger partial charge in [0, 0.05) is 26.3 Å². The minimum atomic E-state index is 0. The maximum absolute atomic E-state index is 5.44. The number of nitrogens with one attached hydrogen (secondary N) is 2. The van der Waals surface area contributed by atoms with Gasteiger partial charge in [0.1, 0.15) is 5.75 Å². The van der Waals surface area contributed by atoms with Crippen molar-refractivity contribution in [3.05, 3.63) is 47.8 Å². The maximum atomic E-state index is 5.44. The van der Waals surface area contributed by atoms with Crippen LogP contribution in [-0.4, -0.2) is 60.5 Å². The molecule has 1 aromatic carbocycles. The molecule has 7 nitrogen and oxygen atoms in total. The number of rotatable bonds is 9. The van der Waals surface area contributed by atoms with Crippen LogP contribution in [-0.2, 0) is 13.5 Å². The summed E-state index contributed by atoms with van der Waals surface area (Å²) >= 11 is 0. The van der Waals surface area contributed by atoms with Gasteiger partial charge in [0.2, 0.25) is 0 Å². The molecule has 1 unspecified atom stereocenters. The van der Waals surface area contributed by atoms with E-state index in [1.54, 1.807) is 7.11 Å². The third kappa shape index (κ3) is 7.16. The van der Waals surface area contributed by atoms with Gasteiger partial charge in [0.05, 0.1) is 25.9 Å². The second-order valence-corrected chi connectivity index (χ2v) is 7.45. The zero-order chi connectivity index (χ0) is 20.5. The molecule has 0 bridgehead atoms. The van der Waals surface area contributed by atoms with E-state index in [0.29, 0.717) is 0 Å². The monoisotopic (exact) mass is 526 g/mol. The first-order chi connectivity index (χ1) is 14.2. The number of nitrogens with zero attached hydrogens (tertiary/aromatic N) is 4. The number of halogens is 1. The van der Waals surface area contributed by atoms with E-state index in [1.807, 2.05) is 24.0 Å². The van der Waals surface area contributed by atoms with Crippen LogP contribution in [0.5, 0.6) is 5.75 Å². The smallest absolute Gasteiger partial charge is 0.191 e. The zero-order valence-corrected chi connectivity index (χ0v) is 20.6. The lowest BCUT2D eigenvalue weighted by molar-refractivity contribution is 0.251. The third-order valence-corrected chi connectivity index (χ3v) is 5.29. The summed E-state index contributed by atoms with van der Waals surface area (Å²) in [4.78, 5) is 7.46. The first kappa shape index (κ1) is 24.5. The average Bonchev–Trinajstić information content (AvgIpc) is 3.40. The van der Waals surface area contributed by atoms with Gasteiger partial charge in [-0.2, -0.15) is 5.10 Å². The van der Waals surface area contributed by atoms with Crippen molar-refractivity contribution >= 4 is 29.9 Å². The Labute approximate surface area is 197 Å². The molecule has 166 valence electrons. The van der Waals surface area contributed by atoms with E-state index in [9.17, 15) is 0 Å². The van der Waals surface area contributed by atoms with Crippen molar-refractivity contribution in [2.45, 2.75) is 32.2 Å². The molecule has 1 atom stereocenters. The van der Waals surface area contributed by atoms with Crippen LogP contribution in [0, 0.1) is 0 Å². The van der Waals surface area contributed by atoms with E-state index in [2.05, 4.69) is 52.0 Å². The van der Waals surface area contributed by atoms with Gasteiger partial charge < -0.3 is 15.4 Å². The second kappa shape index (κ2) is 12.8. The molecule has 3 rings (SSSR count). The van der Waals surface area contributed by atoms with Crippen molar-refractivity contribution < 1.29 is 4.74 Å². The Morgan fingerprint density at radius 2 is 2.07 bits per heavy atom. The number of ether oxygens (including phenoxy) is 1. The van der Waals surface area contributed by atoms with Gasteiger partial charge in [-0.15, -0.1) is 24.0 Å². The van der Waals surface area contributed by atoms with Gasteiger partial charge in [-0.3, -0.25) is 14.6 Å². The maximum Gasteiger partial charge on any atom is 0.191 e. The fourth-order valence-corrected chi connectivity index (χ4v) is 3.78. The lowest BCUT2D eigenvalue weighted by Gasteiger charge is -2.27. The van der Waals surface area contributed by atoms with Gasteiger partial charge in [0.25, 0.3) is 0 Å². The second-order valence-electron chi connectivity index (χ2n) is 7.45. The summed E-state index contributed by atoms with van der Waals surface area (Å²) < 4.78 is 7.28. The number of aliphatic imine (C=N–C) groups is 1. The molecule has 2 aromatic rings. The van der Waals surface area contributed by atoms with Crippen LogP contribution in [0.15, 0.2) is 41.7 Å². The van der Waals surface area contributed by atoms with Crippen LogP contribution in [0.2, 0.25) is 0 Å². The predicted molar refractivity (Wildman–Crippen MR) is 133 cm³/mol. The Kier molecular flexibility index (Phi) is 10.4. The molecule has 0 amide bonds. The molecule has 2 heterocycles. The predicted octanol–water partition coefficient (Wildman–Crippen LogP) is 2.98. The number of hydrogen-bond donors (Lipinski definition) is 2. The molecule has 0 spiro atoms. The molecule has 8 heteroatoms. The highest BCUT2D eigenvalue weighted by atomic mass is 127. The van der Waals surface area contributed by atoms with E-state index in [-0.39, 0.29) is 30.0 Å². The molecule has 2 N–H and O–H groups in total. The van der Waals surface area contributed by atoms with Crippen molar-refractivity contribution in [1.29, 1.82) is 0 Å². The minimum Gasteiger partial charge on any atom is -0.497 e. The molecule has 0 saturated carbocycles. The molecule has 0 aliphatic carbocycles. The molecule has 1 aromatic heterocycles. The number of hydrogen-bond acceptors (Lipinski definition) is 4. The van der Waals surface area contributed by atoms with Crippen LogP contribution < -0.4 is 15.4 Å². The number of guanidine groups is 1. The van der Waals surface area contributed by atoms with E-state index >= 15 is 0 Å². The van der Waals surface area contributed by atoms with E-state index in [1.165, 1.54) is 24.0 Å². The lowest BCUT2D eigenvalue weighted by atomic mass is 10.1. The van der Waals surface area contributed by atoms with Gasteiger partial charge >= 0.3 is 0 Å². The number of methoxy groups -OCH3 is 1. The summed E-state index contributed by atoms with van der Waals surface area (Å²) in [5.41, 5.74) is 2.49. The number of likely N-dealkylation sites (tertiary alicyclic amines) is 1. The molecule has 1 aliphatic heterocycles. The fraction of sp³-hybridized carbons (Fsp3) is 0.545. The van der Waals surface area contributed by atoms with Gasteiger partial charge in [-0.05, 0) is 62.5 Å². The highest BCUT2D eigenvalue weighted by Crippen LogP contribution is 2.27. The Balaban J connectivity index is 0.00000320. The molecule has 1 aliphatic rings. The number of aromatic nitrogens is 2. The highest BCUT2D eigenvalue weighted by Gasteiger charge is 2.23. The van der Waals surface area contributed by atoms with Crippen molar-refractivity contribution in [3.8, 4) is 5.75 Å². The molecule has 1 fully saturated rings.